The van der Waals surface area contributed by atoms with Crippen molar-refractivity contribution in [1.29, 1.82) is 0 Å². The molecule has 0 spiro atoms. The van der Waals surface area contributed by atoms with E-state index in [1.54, 1.807) is 0 Å². The molecule has 1 aromatic heterocycles. The zero-order valence-corrected chi connectivity index (χ0v) is 12.7. The van der Waals surface area contributed by atoms with Crippen molar-refractivity contribution in [2.45, 2.75) is 45.0 Å². The van der Waals surface area contributed by atoms with Crippen LogP contribution in [0.25, 0.3) is 0 Å². The lowest BCUT2D eigenvalue weighted by Crippen LogP contribution is -2.32. The third-order valence-corrected chi connectivity index (χ3v) is 3.38. The van der Waals surface area contributed by atoms with Crippen molar-refractivity contribution in [2.24, 2.45) is 0 Å². The summed E-state index contributed by atoms with van der Waals surface area (Å²) in [7, 11) is 0. The van der Waals surface area contributed by atoms with Crippen LogP contribution < -0.4 is 5.76 Å². The molecule has 1 heterocycles. The van der Waals surface area contributed by atoms with E-state index < -0.39 is 23.1 Å². The normalized spacial score (nSPS) is 14.7. The number of rotatable bonds is 5. The number of halogens is 3. The molecular formula is C15H17F3N2O3. The summed E-state index contributed by atoms with van der Waals surface area (Å²) in [4.78, 5) is 11.7. The molecule has 1 N–H and O–H groups in total. The lowest BCUT2D eigenvalue weighted by atomic mass is 9.94. The van der Waals surface area contributed by atoms with Crippen molar-refractivity contribution in [3.8, 4) is 0 Å². The van der Waals surface area contributed by atoms with Crippen molar-refractivity contribution >= 4 is 0 Å². The van der Waals surface area contributed by atoms with E-state index in [1.807, 2.05) is 6.92 Å². The van der Waals surface area contributed by atoms with Gasteiger partial charge >= 0.3 is 11.9 Å². The quantitative estimate of drug-likeness (QED) is 0.915. The molecule has 0 radical (unpaired) electrons. The summed E-state index contributed by atoms with van der Waals surface area (Å²) < 4.78 is 44.2. The average Bonchev–Trinajstić information content (AvgIpc) is 2.78. The first-order chi connectivity index (χ1) is 10.6. The molecule has 2 rings (SSSR count). The number of aryl methyl sites for hydroxylation is 1. The van der Waals surface area contributed by atoms with Crippen LogP contribution in [0.2, 0.25) is 0 Å². The highest BCUT2D eigenvalue weighted by Crippen LogP contribution is 2.32. The van der Waals surface area contributed by atoms with Gasteiger partial charge in [-0.15, -0.1) is 5.10 Å². The standard InChI is InChI=1S/C15H17F3N2O3/c1-3-5-12-19-20(13(21)23-12)9-14(2,22)10-6-4-7-11(8-10)15(16,17)18/h4,6-8,22H,3,5,9H2,1-2H3. The van der Waals surface area contributed by atoms with Gasteiger partial charge < -0.3 is 9.52 Å². The summed E-state index contributed by atoms with van der Waals surface area (Å²) >= 11 is 0. The Labute approximate surface area is 130 Å². The largest absolute Gasteiger partial charge is 0.437 e. The van der Waals surface area contributed by atoms with Gasteiger partial charge in [0.05, 0.1) is 12.1 Å². The molecule has 126 valence electrons. The molecule has 1 aromatic carbocycles. The first kappa shape index (κ1) is 17.3. The van der Waals surface area contributed by atoms with Crippen molar-refractivity contribution in [3.05, 3.63) is 51.8 Å². The lowest BCUT2D eigenvalue weighted by Gasteiger charge is -2.23. The van der Waals surface area contributed by atoms with Crippen LogP contribution in [-0.2, 0) is 24.7 Å². The molecule has 8 heteroatoms. The Morgan fingerprint density at radius 1 is 1.30 bits per heavy atom. The van der Waals surface area contributed by atoms with E-state index in [0.29, 0.717) is 6.42 Å². The Bertz CT molecular complexity index is 732. The van der Waals surface area contributed by atoms with Gasteiger partial charge in [0.25, 0.3) is 0 Å². The summed E-state index contributed by atoms with van der Waals surface area (Å²) in [6.07, 6.45) is -3.32. The molecule has 5 nitrogen and oxygen atoms in total. The van der Waals surface area contributed by atoms with E-state index in [9.17, 15) is 23.1 Å². The monoisotopic (exact) mass is 330 g/mol. The number of hydrogen-bond donors (Lipinski definition) is 1. The van der Waals surface area contributed by atoms with Gasteiger partial charge in [-0.3, -0.25) is 0 Å². The van der Waals surface area contributed by atoms with Crippen LogP contribution >= 0.6 is 0 Å². The van der Waals surface area contributed by atoms with Gasteiger partial charge in [-0.2, -0.15) is 17.9 Å². The molecule has 2 aromatic rings. The molecule has 0 amide bonds. The van der Waals surface area contributed by atoms with Gasteiger partial charge in [-0.25, -0.2) is 4.79 Å². The molecule has 0 saturated carbocycles. The average molecular weight is 330 g/mol. The van der Waals surface area contributed by atoms with Gasteiger partial charge in [0.2, 0.25) is 5.89 Å². The number of hydrogen-bond acceptors (Lipinski definition) is 4. The summed E-state index contributed by atoms with van der Waals surface area (Å²) in [5.41, 5.74) is -2.53. The molecule has 23 heavy (non-hydrogen) atoms. The fraction of sp³-hybridized carbons (Fsp3) is 0.467. The van der Waals surface area contributed by atoms with Crippen LogP contribution in [0.3, 0.4) is 0 Å². The van der Waals surface area contributed by atoms with Crippen LogP contribution in [0.1, 0.15) is 37.3 Å². The van der Waals surface area contributed by atoms with Crippen molar-refractivity contribution in [3.63, 3.8) is 0 Å². The fourth-order valence-electron chi connectivity index (χ4n) is 2.18. The molecular weight excluding hydrogens is 313 g/mol. The van der Waals surface area contributed by atoms with Gasteiger partial charge in [-0.1, -0.05) is 19.1 Å². The molecule has 0 saturated heterocycles. The van der Waals surface area contributed by atoms with E-state index in [1.165, 1.54) is 19.1 Å². The Hall–Kier alpha value is -2.09. The second-order valence-corrected chi connectivity index (χ2v) is 5.52. The third-order valence-electron chi connectivity index (χ3n) is 3.38. The molecule has 1 unspecified atom stereocenters. The zero-order chi connectivity index (χ0) is 17.3. The minimum atomic E-state index is -4.51. The number of benzene rings is 1. The third kappa shape index (κ3) is 4.01. The number of nitrogens with zero attached hydrogens (tertiary/aromatic N) is 2. The van der Waals surface area contributed by atoms with Crippen LogP contribution in [0.15, 0.2) is 33.5 Å². The Kier molecular flexibility index (Phi) is 4.65. The van der Waals surface area contributed by atoms with Gasteiger partial charge in [-0.05, 0) is 31.0 Å². The zero-order valence-electron chi connectivity index (χ0n) is 12.7. The van der Waals surface area contributed by atoms with Crippen LogP contribution in [-0.4, -0.2) is 14.9 Å². The number of alkyl halides is 3. The Morgan fingerprint density at radius 2 is 1.96 bits per heavy atom. The van der Waals surface area contributed by atoms with Gasteiger partial charge in [0.1, 0.15) is 5.60 Å². The van der Waals surface area contributed by atoms with Crippen LogP contribution in [0, 0.1) is 0 Å². The summed E-state index contributed by atoms with van der Waals surface area (Å²) in [5, 5.41) is 14.4. The molecule has 0 aliphatic rings. The highest BCUT2D eigenvalue weighted by molar-refractivity contribution is 5.29. The molecule has 1 atom stereocenters. The van der Waals surface area contributed by atoms with Crippen LogP contribution in [0.4, 0.5) is 13.2 Å². The van der Waals surface area contributed by atoms with E-state index >= 15 is 0 Å². The van der Waals surface area contributed by atoms with E-state index in [-0.39, 0.29) is 18.0 Å². The van der Waals surface area contributed by atoms with E-state index in [2.05, 4.69) is 5.10 Å². The van der Waals surface area contributed by atoms with Crippen molar-refractivity contribution < 1.29 is 22.7 Å². The predicted octanol–water partition coefficient (Wildman–Crippen LogP) is 2.72. The SMILES string of the molecule is CCCc1nn(CC(C)(O)c2cccc(C(F)(F)F)c2)c(=O)o1. The second-order valence-electron chi connectivity index (χ2n) is 5.52. The highest BCUT2D eigenvalue weighted by Gasteiger charge is 2.33. The summed E-state index contributed by atoms with van der Waals surface area (Å²) in [6.45, 7) is 2.90. The fourth-order valence-corrected chi connectivity index (χ4v) is 2.18. The van der Waals surface area contributed by atoms with E-state index in [0.717, 1.165) is 23.2 Å². The molecule has 0 fully saturated rings. The maximum atomic E-state index is 12.8. The maximum Gasteiger partial charge on any atom is 0.437 e. The lowest BCUT2D eigenvalue weighted by molar-refractivity contribution is -0.137. The summed E-state index contributed by atoms with van der Waals surface area (Å²) in [5.74, 6) is -0.516. The Balaban J connectivity index is 2.30. The molecule has 0 bridgehead atoms. The minimum absolute atomic E-state index is 0.0410. The minimum Gasteiger partial charge on any atom is -0.392 e. The highest BCUT2D eigenvalue weighted by atomic mass is 19.4. The predicted molar refractivity (Wildman–Crippen MR) is 75.8 cm³/mol. The van der Waals surface area contributed by atoms with Crippen LogP contribution in [0.5, 0.6) is 0 Å². The second kappa shape index (κ2) is 6.19. The first-order valence-corrected chi connectivity index (χ1v) is 7.10. The molecule has 0 aliphatic heterocycles. The van der Waals surface area contributed by atoms with Gasteiger partial charge in [0.15, 0.2) is 0 Å². The maximum absolute atomic E-state index is 12.8. The topological polar surface area (TPSA) is 68.3 Å². The first-order valence-electron chi connectivity index (χ1n) is 7.10. The summed E-state index contributed by atoms with van der Waals surface area (Å²) in [6, 6.07) is 4.35. The Morgan fingerprint density at radius 3 is 2.57 bits per heavy atom. The van der Waals surface area contributed by atoms with Crippen molar-refractivity contribution in [1.82, 2.24) is 9.78 Å². The van der Waals surface area contributed by atoms with Gasteiger partial charge in [0, 0.05) is 6.42 Å². The van der Waals surface area contributed by atoms with Crippen molar-refractivity contribution in [2.75, 3.05) is 0 Å². The van der Waals surface area contributed by atoms with E-state index in [4.69, 9.17) is 4.42 Å². The molecule has 0 aliphatic carbocycles. The smallest absolute Gasteiger partial charge is 0.392 e. The number of aliphatic hydroxyl groups is 1. The number of aromatic nitrogens is 2.